The molecular formula is C23H25F4N5OS. The van der Waals surface area contributed by atoms with Crippen LogP contribution in [0.25, 0.3) is 11.6 Å². The molecule has 0 spiro atoms. The fraction of sp³-hybridized carbons (Fsp3) is 0.522. The molecule has 3 aromatic rings. The van der Waals surface area contributed by atoms with Gasteiger partial charge in [-0.05, 0) is 49.4 Å². The number of aromatic nitrogens is 4. The van der Waals surface area contributed by atoms with Gasteiger partial charge in [0.2, 0.25) is 5.82 Å². The van der Waals surface area contributed by atoms with Crippen LogP contribution in [0.2, 0.25) is 0 Å². The van der Waals surface area contributed by atoms with E-state index >= 15 is 0 Å². The third-order valence-corrected chi connectivity index (χ3v) is 8.36. The quantitative estimate of drug-likeness (QED) is 0.259. The van der Waals surface area contributed by atoms with Crippen LogP contribution in [0.4, 0.5) is 17.6 Å². The number of fused-ring (bicyclic) bond motifs is 1. The van der Waals surface area contributed by atoms with Crippen LogP contribution in [-0.2, 0) is 18.6 Å². The van der Waals surface area contributed by atoms with Gasteiger partial charge in [0.05, 0.1) is 11.3 Å². The van der Waals surface area contributed by atoms with Crippen LogP contribution in [0.3, 0.4) is 0 Å². The maximum atomic E-state index is 14.2. The Balaban J connectivity index is 1.17. The lowest BCUT2D eigenvalue weighted by Crippen LogP contribution is -2.28. The van der Waals surface area contributed by atoms with Crippen molar-refractivity contribution in [1.29, 1.82) is 0 Å². The van der Waals surface area contributed by atoms with Crippen molar-refractivity contribution in [1.82, 2.24) is 24.6 Å². The molecule has 0 N–H and O–H groups in total. The van der Waals surface area contributed by atoms with Gasteiger partial charge in [0.25, 0.3) is 0 Å². The van der Waals surface area contributed by atoms with E-state index in [1.54, 1.807) is 11.8 Å². The van der Waals surface area contributed by atoms with Gasteiger partial charge in [0, 0.05) is 31.3 Å². The van der Waals surface area contributed by atoms with Crippen molar-refractivity contribution in [3.63, 3.8) is 0 Å². The van der Waals surface area contributed by atoms with Gasteiger partial charge in [-0.3, -0.25) is 0 Å². The van der Waals surface area contributed by atoms with Gasteiger partial charge >= 0.3 is 6.18 Å². The molecule has 0 bridgehead atoms. The lowest BCUT2D eigenvalue weighted by Gasteiger charge is -2.21. The molecular weight excluding hydrogens is 470 g/mol. The first-order chi connectivity index (χ1) is 16.0. The predicted octanol–water partition coefficient (Wildman–Crippen LogP) is 5.08. The fourth-order valence-corrected chi connectivity index (χ4v) is 6.19. The van der Waals surface area contributed by atoms with Crippen molar-refractivity contribution in [2.45, 2.75) is 43.4 Å². The number of piperidine rings is 1. The van der Waals surface area contributed by atoms with Gasteiger partial charge < -0.3 is 13.9 Å². The molecule has 2 aliphatic rings. The zero-order chi connectivity index (χ0) is 24.3. The molecule has 0 amide bonds. The van der Waals surface area contributed by atoms with Crippen molar-refractivity contribution in [3.05, 3.63) is 47.2 Å². The van der Waals surface area contributed by atoms with E-state index in [0.29, 0.717) is 17.1 Å². The summed E-state index contributed by atoms with van der Waals surface area (Å²) in [5, 5.41) is 9.26. The van der Waals surface area contributed by atoms with E-state index in [2.05, 4.69) is 27.0 Å². The summed E-state index contributed by atoms with van der Waals surface area (Å²) in [4.78, 5) is 6.43. The van der Waals surface area contributed by atoms with E-state index in [9.17, 15) is 17.6 Å². The van der Waals surface area contributed by atoms with Crippen LogP contribution in [0.1, 0.15) is 36.6 Å². The molecule has 11 heteroatoms. The first kappa shape index (κ1) is 23.3. The summed E-state index contributed by atoms with van der Waals surface area (Å²) in [6, 6.07) is 3.43. The van der Waals surface area contributed by atoms with Crippen molar-refractivity contribution < 1.29 is 22.0 Å². The summed E-state index contributed by atoms with van der Waals surface area (Å²) >= 11 is 1.61. The minimum Gasteiger partial charge on any atom is -0.440 e. The topological polar surface area (TPSA) is 60.0 Å². The molecule has 0 radical (unpaired) electrons. The van der Waals surface area contributed by atoms with Crippen LogP contribution in [0, 0.1) is 18.2 Å². The summed E-state index contributed by atoms with van der Waals surface area (Å²) < 4.78 is 60.3. The smallest absolute Gasteiger partial charge is 0.419 e. The number of hydrogen-bond acceptors (Lipinski definition) is 6. The Bertz CT molecular complexity index is 1220. The monoisotopic (exact) mass is 495 g/mol. The Hall–Kier alpha value is -2.40. The molecule has 34 heavy (non-hydrogen) atoms. The average Bonchev–Trinajstić information content (AvgIpc) is 3.10. The number of oxazole rings is 1. The summed E-state index contributed by atoms with van der Waals surface area (Å²) in [5.41, 5.74) is -0.0628. The molecule has 5 rings (SSSR count). The minimum atomic E-state index is -4.68. The van der Waals surface area contributed by atoms with Crippen LogP contribution in [0.5, 0.6) is 0 Å². The Morgan fingerprint density at radius 3 is 2.68 bits per heavy atom. The molecule has 3 heterocycles. The fourth-order valence-electron chi connectivity index (χ4n) is 5.36. The molecule has 1 saturated heterocycles. The molecule has 1 saturated carbocycles. The first-order valence-electron chi connectivity index (χ1n) is 11.1. The maximum absolute atomic E-state index is 14.2. The van der Waals surface area contributed by atoms with Crippen LogP contribution in [0.15, 0.2) is 34.2 Å². The Labute approximate surface area is 198 Å². The average molecular weight is 496 g/mol. The molecule has 1 aliphatic carbocycles. The number of alkyl halides is 3. The molecule has 1 aromatic carbocycles. The van der Waals surface area contributed by atoms with Gasteiger partial charge in [-0.2, -0.15) is 13.2 Å². The molecule has 182 valence electrons. The highest BCUT2D eigenvalue weighted by Crippen LogP contribution is 2.68. The Morgan fingerprint density at radius 2 is 2.00 bits per heavy atom. The standard InChI is InChI=1S/C23H25F4N5OS/c1-14-18(33-13-28-14)19-29-30-20(31(19)3)34-8-4-7-32-11-21(2)10-22(21,12-32)15-5-6-16(17(24)9-15)23(25,26)27/h5-6,9,13H,4,7-8,10-12H2,1-3H3. The third kappa shape index (κ3) is 3.82. The van der Waals surface area contributed by atoms with Gasteiger partial charge in [0.15, 0.2) is 17.3 Å². The van der Waals surface area contributed by atoms with Crippen molar-refractivity contribution in [2.24, 2.45) is 12.5 Å². The second kappa shape index (κ2) is 8.08. The van der Waals surface area contributed by atoms with E-state index in [4.69, 9.17) is 4.42 Å². The van der Waals surface area contributed by atoms with E-state index in [0.717, 1.165) is 61.2 Å². The summed E-state index contributed by atoms with van der Waals surface area (Å²) in [7, 11) is 1.89. The Morgan fingerprint density at radius 1 is 1.21 bits per heavy atom. The van der Waals surface area contributed by atoms with Crippen LogP contribution in [-0.4, -0.2) is 50.0 Å². The number of rotatable bonds is 7. The predicted molar refractivity (Wildman–Crippen MR) is 119 cm³/mol. The van der Waals surface area contributed by atoms with E-state index in [1.165, 1.54) is 12.5 Å². The van der Waals surface area contributed by atoms with E-state index < -0.39 is 17.6 Å². The van der Waals surface area contributed by atoms with Gasteiger partial charge in [-0.1, -0.05) is 24.8 Å². The second-order valence-corrected chi connectivity index (χ2v) is 10.6. The minimum absolute atomic E-state index is 0.0280. The number of benzene rings is 1. The number of nitrogens with zero attached hydrogens (tertiary/aromatic N) is 5. The highest BCUT2D eigenvalue weighted by Gasteiger charge is 2.69. The largest absolute Gasteiger partial charge is 0.440 e. The van der Waals surface area contributed by atoms with Crippen LogP contribution >= 0.6 is 11.8 Å². The van der Waals surface area contributed by atoms with Gasteiger partial charge in [0.1, 0.15) is 5.82 Å². The lowest BCUT2D eigenvalue weighted by atomic mass is 9.89. The van der Waals surface area contributed by atoms with Crippen LogP contribution < -0.4 is 0 Å². The zero-order valence-electron chi connectivity index (χ0n) is 19.1. The number of halogens is 4. The highest BCUT2D eigenvalue weighted by atomic mass is 32.2. The molecule has 2 fully saturated rings. The van der Waals surface area contributed by atoms with Gasteiger partial charge in [-0.25, -0.2) is 9.37 Å². The maximum Gasteiger partial charge on any atom is 0.419 e. The first-order valence-corrected chi connectivity index (χ1v) is 12.0. The second-order valence-electron chi connectivity index (χ2n) is 9.56. The molecule has 1 aliphatic heterocycles. The molecule has 2 atom stereocenters. The molecule has 6 nitrogen and oxygen atoms in total. The van der Waals surface area contributed by atoms with Crippen molar-refractivity contribution in [2.75, 3.05) is 25.4 Å². The normalized spacial score (nSPS) is 24.6. The summed E-state index contributed by atoms with van der Waals surface area (Å²) in [5.74, 6) is 0.899. The van der Waals surface area contributed by atoms with Crippen molar-refractivity contribution >= 4 is 11.8 Å². The van der Waals surface area contributed by atoms with Gasteiger partial charge in [-0.15, -0.1) is 10.2 Å². The summed E-state index contributed by atoms with van der Waals surface area (Å²) in [6.07, 6.45) is -1.50. The third-order valence-electron chi connectivity index (χ3n) is 7.25. The molecule has 2 unspecified atom stereocenters. The lowest BCUT2D eigenvalue weighted by molar-refractivity contribution is -0.140. The Kier molecular flexibility index (Phi) is 5.55. The number of thioether (sulfide) groups is 1. The zero-order valence-corrected chi connectivity index (χ0v) is 19.9. The van der Waals surface area contributed by atoms with Crippen molar-refractivity contribution in [3.8, 4) is 11.6 Å². The SMILES string of the molecule is Cc1ncoc1-c1nnc(SCCCN2CC3(C)CC3(c3ccc(C(F)(F)F)c(F)c3)C2)n1C. The number of hydrogen-bond donors (Lipinski definition) is 0. The molecule has 2 aromatic heterocycles. The van der Waals surface area contributed by atoms with E-state index in [-0.39, 0.29) is 10.8 Å². The number of likely N-dealkylation sites (tertiary alicyclic amines) is 1. The highest BCUT2D eigenvalue weighted by molar-refractivity contribution is 7.99. The van der Waals surface area contributed by atoms with E-state index in [1.807, 2.05) is 18.5 Å². The number of aryl methyl sites for hydroxylation is 1. The summed E-state index contributed by atoms with van der Waals surface area (Å²) in [6.45, 7) is 6.45.